The Morgan fingerprint density at radius 1 is 1.31 bits per heavy atom. The van der Waals surface area contributed by atoms with Crippen LogP contribution in [0, 0.1) is 0 Å². The van der Waals surface area contributed by atoms with Crippen molar-refractivity contribution in [1.29, 1.82) is 0 Å². The second-order valence-corrected chi connectivity index (χ2v) is 4.64. The Hall–Kier alpha value is -1.20. The second-order valence-electron chi connectivity index (χ2n) is 3.12. The van der Waals surface area contributed by atoms with Gasteiger partial charge in [-0.25, -0.2) is 4.79 Å². The van der Waals surface area contributed by atoms with Crippen molar-refractivity contribution in [3.8, 4) is 0 Å². The van der Waals surface area contributed by atoms with Crippen molar-refractivity contribution < 1.29 is 4.79 Å². The van der Waals surface area contributed by atoms with Crippen LogP contribution in [-0.2, 0) is 0 Å². The number of amidine groups is 1. The molecule has 6 heteroatoms. The molecule has 0 radical (unpaired) electrons. The smallest absolute Gasteiger partial charge is 0.308 e. The van der Waals surface area contributed by atoms with Crippen LogP contribution in [0.4, 0.5) is 10.5 Å². The van der Waals surface area contributed by atoms with Crippen molar-refractivity contribution in [2.75, 3.05) is 17.6 Å². The van der Waals surface area contributed by atoms with E-state index in [0.29, 0.717) is 15.9 Å². The summed E-state index contributed by atoms with van der Waals surface area (Å²) in [6, 6.07) is 6.64. The topological polar surface area (TPSA) is 53.5 Å². The lowest BCUT2D eigenvalue weighted by molar-refractivity contribution is 0.256. The van der Waals surface area contributed by atoms with Gasteiger partial charge in [0.15, 0.2) is 5.17 Å². The van der Waals surface area contributed by atoms with E-state index >= 15 is 0 Å². The summed E-state index contributed by atoms with van der Waals surface area (Å²) < 4.78 is 0. The fourth-order valence-corrected chi connectivity index (χ4v) is 2.05. The molecule has 1 aromatic carbocycles. The largest absolute Gasteiger partial charge is 0.325 e. The molecule has 0 atom stereocenters. The molecule has 16 heavy (non-hydrogen) atoms. The molecule has 1 aliphatic rings. The number of carbonyl (C=O) groups is 1. The number of rotatable bonds is 1. The van der Waals surface area contributed by atoms with E-state index in [4.69, 9.17) is 11.6 Å². The molecule has 0 aromatic heterocycles. The van der Waals surface area contributed by atoms with Crippen molar-refractivity contribution >= 4 is 40.2 Å². The predicted octanol–water partition coefficient (Wildman–Crippen LogP) is 2.56. The highest BCUT2D eigenvalue weighted by molar-refractivity contribution is 8.14. The number of carbonyl (C=O) groups excluding carboxylic acids is 1. The van der Waals surface area contributed by atoms with Gasteiger partial charge in [-0.1, -0.05) is 23.4 Å². The Morgan fingerprint density at radius 3 is 2.69 bits per heavy atom. The van der Waals surface area contributed by atoms with Crippen LogP contribution >= 0.6 is 23.4 Å². The van der Waals surface area contributed by atoms with Crippen LogP contribution in [0.2, 0.25) is 5.02 Å². The number of nitrogens with zero attached hydrogens (tertiary/aromatic N) is 1. The Morgan fingerprint density at radius 2 is 2.06 bits per heavy atom. The van der Waals surface area contributed by atoms with Gasteiger partial charge in [-0.05, 0) is 24.3 Å². The van der Waals surface area contributed by atoms with Crippen LogP contribution in [0.5, 0.6) is 0 Å². The monoisotopic (exact) mass is 255 g/mol. The number of urea groups is 1. The summed E-state index contributed by atoms with van der Waals surface area (Å²) in [6.45, 7) is 0.765. The third-order valence-electron chi connectivity index (χ3n) is 1.91. The maximum absolute atomic E-state index is 11.5. The highest BCUT2D eigenvalue weighted by atomic mass is 35.5. The van der Waals surface area contributed by atoms with E-state index < -0.39 is 0 Å². The average Bonchev–Trinajstić information content (AvgIpc) is 2.74. The third-order valence-corrected chi connectivity index (χ3v) is 3.05. The lowest BCUT2D eigenvalue weighted by Gasteiger charge is -2.06. The standard InChI is InChI=1S/C10H10ClN3OS/c11-7-1-3-8(4-2-7)13-9(15)14-10-12-5-6-16-10/h1-4H,5-6H2,(H2,12,13,14,15). The maximum Gasteiger partial charge on any atom is 0.325 e. The Kier molecular flexibility index (Phi) is 3.69. The van der Waals surface area contributed by atoms with Gasteiger partial charge in [0.2, 0.25) is 0 Å². The molecule has 2 amide bonds. The molecule has 2 N–H and O–H groups in total. The van der Waals surface area contributed by atoms with Gasteiger partial charge in [-0.2, -0.15) is 0 Å². The number of hydrogen-bond donors (Lipinski definition) is 2. The number of aliphatic imine (C=N–C) groups is 1. The fraction of sp³-hybridized carbons (Fsp3) is 0.200. The van der Waals surface area contributed by atoms with Crippen molar-refractivity contribution in [2.45, 2.75) is 0 Å². The molecule has 1 aromatic rings. The van der Waals surface area contributed by atoms with Crippen LogP contribution in [0.25, 0.3) is 0 Å². The molecule has 84 valence electrons. The fourth-order valence-electron chi connectivity index (χ4n) is 1.20. The zero-order chi connectivity index (χ0) is 11.4. The first kappa shape index (κ1) is 11.3. The molecule has 0 aliphatic carbocycles. The normalized spacial score (nSPS) is 14.4. The van der Waals surface area contributed by atoms with Crippen LogP contribution in [0.1, 0.15) is 0 Å². The van der Waals surface area contributed by atoms with E-state index in [-0.39, 0.29) is 6.03 Å². The summed E-state index contributed by atoms with van der Waals surface area (Å²) in [4.78, 5) is 15.6. The number of benzene rings is 1. The average molecular weight is 256 g/mol. The van der Waals surface area contributed by atoms with Crippen molar-refractivity contribution in [3.05, 3.63) is 29.3 Å². The SMILES string of the molecule is O=C(NC1=NCCS1)Nc1ccc(Cl)cc1. The van der Waals surface area contributed by atoms with Gasteiger partial charge < -0.3 is 5.32 Å². The third kappa shape index (κ3) is 3.15. The van der Waals surface area contributed by atoms with E-state index in [1.54, 1.807) is 36.0 Å². The van der Waals surface area contributed by atoms with Gasteiger partial charge in [0.05, 0.1) is 6.54 Å². The Labute approximate surface area is 102 Å². The van der Waals surface area contributed by atoms with E-state index in [0.717, 1.165) is 12.3 Å². The van der Waals surface area contributed by atoms with Crippen LogP contribution < -0.4 is 10.6 Å². The van der Waals surface area contributed by atoms with Gasteiger partial charge in [0, 0.05) is 16.5 Å². The van der Waals surface area contributed by atoms with Gasteiger partial charge in [0.25, 0.3) is 0 Å². The molecule has 1 aliphatic heterocycles. The minimum atomic E-state index is -0.282. The molecule has 0 fully saturated rings. The van der Waals surface area contributed by atoms with Gasteiger partial charge in [-0.15, -0.1) is 0 Å². The number of thioether (sulfide) groups is 1. The molecule has 0 bridgehead atoms. The van der Waals surface area contributed by atoms with Gasteiger partial charge in [-0.3, -0.25) is 10.3 Å². The van der Waals surface area contributed by atoms with Crippen molar-refractivity contribution in [1.82, 2.24) is 5.32 Å². The number of hydrogen-bond acceptors (Lipinski definition) is 3. The number of anilines is 1. The summed E-state index contributed by atoms with van der Waals surface area (Å²) >= 11 is 7.28. The maximum atomic E-state index is 11.5. The lowest BCUT2D eigenvalue weighted by atomic mass is 10.3. The highest BCUT2D eigenvalue weighted by Crippen LogP contribution is 2.13. The van der Waals surface area contributed by atoms with Crippen LogP contribution in [0.3, 0.4) is 0 Å². The van der Waals surface area contributed by atoms with Gasteiger partial charge >= 0.3 is 6.03 Å². The first-order chi connectivity index (χ1) is 7.74. The molecule has 0 unspecified atom stereocenters. The first-order valence-corrected chi connectivity index (χ1v) is 6.11. The molecule has 0 saturated heterocycles. The Balaban J connectivity index is 1.89. The molecule has 4 nitrogen and oxygen atoms in total. The molecule has 0 saturated carbocycles. The lowest BCUT2D eigenvalue weighted by Crippen LogP contribution is -2.31. The predicted molar refractivity (Wildman–Crippen MR) is 68.4 cm³/mol. The summed E-state index contributed by atoms with van der Waals surface area (Å²) in [5, 5.41) is 6.68. The molecular formula is C10H10ClN3OS. The molecule has 0 spiro atoms. The summed E-state index contributed by atoms with van der Waals surface area (Å²) in [7, 11) is 0. The zero-order valence-electron chi connectivity index (χ0n) is 8.37. The van der Waals surface area contributed by atoms with E-state index in [9.17, 15) is 4.79 Å². The highest BCUT2D eigenvalue weighted by Gasteiger charge is 2.10. The quantitative estimate of drug-likeness (QED) is 0.810. The minimum absolute atomic E-state index is 0.282. The summed E-state index contributed by atoms with van der Waals surface area (Å²) in [5.74, 6) is 0.927. The van der Waals surface area contributed by atoms with Crippen molar-refractivity contribution in [3.63, 3.8) is 0 Å². The number of amides is 2. The molecule has 1 heterocycles. The first-order valence-electron chi connectivity index (χ1n) is 4.75. The number of nitrogens with one attached hydrogen (secondary N) is 2. The molecular weight excluding hydrogens is 246 g/mol. The van der Waals surface area contributed by atoms with Crippen molar-refractivity contribution in [2.24, 2.45) is 4.99 Å². The minimum Gasteiger partial charge on any atom is -0.308 e. The zero-order valence-corrected chi connectivity index (χ0v) is 9.94. The van der Waals surface area contributed by atoms with Crippen LogP contribution in [-0.4, -0.2) is 23.5 Å². The Bertz CT molecular complexity index is 419. The summed E-state index contributed by atoms with van der Waals surface area (Å²) in [5.41, 5.74) is 0.700. The van der Waals surface area contributed by atoms with Crippen LogP contribution in [0.15, 0.2) is 29.3 Å². The second kappa shape index (κ2) is 5.23. The van der Waals surface area contributed by atoms with Gasteiger partial charge in [0.1, 0.15) is 0 Å². The number of halogens is 1. The molecule has 2 rings (SSSR count). The summed E-state index contributed by atoms with van der Waals surface area (Å²) in [6.07, 6.45) is 0. The van der Waals surface area contributed by atoms with E-state index in [2.05, 4.69) is 15.6 Å². The van der Waals surface area contributed by atoms with E-state index in [1.165, 1.54) is 0 Å². The van der Waals surface area contributed by atoms with E-state index in [1.807, 2.05) is 0 Å².